The van der Waals surface area contributed by atoms with E-state index in [-0.39, 0.29) is 0 Å². The molecule has 80 valence electrons. The maximum Gasteiger partial charge on any atom is 0.248 e. The first-order valence-electron chi connectivity index (χ1n) is 4.28. The monoisotopic (exact) mass is 200 g/mol. The molecule has 0 bridgehead atoms. The summed E-state index contributed by atoms with van der Waals surface area (Å²) in [4.78, 5) is 0. The average molecular weight is 200 g/mol. The summed E-state index contributed by atoms with van der Waals surface area (Å²) in [6.07, 6.45) is 7.15. The number of hydrogen-bond donors (Lipinski definition) is 0. The molecular formula is C10H16O4. The van der Waals surface area contributed by atoms with Crippen molar-refractivity contribution in [1.29, 1.82) is 0 Å². The Morgan fingerprint density at radius 2 is 0.929 bits per heavy atom. The molecule has 0 fully saturated rings. The maximum atomic E-state index is 5.32. The van der Waals surface area contributed by atoms with E-state index < -0.39 is 11.6 Å². The van der Waals surface area contributed by atoms with Crippen LogP contribution in [0.4, 0.5) is 0 Å². The van der Waals surface area contributed by atoms with Gasteiger partial charge in [-0.15, -0.1) is 0 Å². The zero-order valence-electron chi connectivity index (χ0n) is 8.94. The van der Waals surface area contributed by atoms with E-state index in [2.05, 4.69) is 0 Å². The zero-order valence-corrected chi connectivity index (χ0v) is 8.94. The lowest BCUT2D eigenvalue weighted by Crippen LogP contribution is -2.57. The highest BCUT2D eigenvalue weighted by Gasteiger charge is 2.52. The second-order valence-corrected chi connectivity index (χ2v) is 2.87. The van der Waals surface area contributed by atoms with Crippen molar-refractivity contribution in [2.75, 3.05) is 28.4 Å². The molecule has 0 aromatic rings. The van der Waals surface area contributed by atoms with Gasteiger partial charge in [0.1, 0.15) is 0 Å². The second-order valence-electron chi connectivity index (χ2n) is 2.87. The summed E-state index contributed by atoms with van der Waals surface area (Å²) in [6, 6.07) is 0. The summed E-state index contributed by atoms with van der Waals surface area (Å²) in [5, 5.41) is 0. The summed E-state index contributed by atoms with van der Waals surface area (Å²) < 4.78 is 21.3. The minimum Gasteiger partial charge on any atom is -0.345 e. The topological polar surface area (TPSA) is 36.9 Å². The zero-order chi connectivity index (χ0) is 10.7. The minimum absolute atomic E-state index is 1.04. The molecule has 1 aliphatic carbocycles. The number of methoxy groups -OCH3 is 4. The molecule has 0 aliphatic heterocycles. The van der Waals surface area contributed by atoms with Crippen LogP contribution in [0.25, 0.3) is 0 Å². The van der Waals surface area contributed by atoms with Crippen LogP contribution in [0.5, 0.6) is 0 Å². The Bertz CT molecular complexity index is 211. The predicted molar refractivity (Wildman–Crippen MR) is 51.8 cm³/mol. The van der Waals surface area contributed by atoms with Gasteiger partial charge in [-0.2, -0.15) is 0 Å². The normalized spacial score (nSPS) is 22.6. The molecule has 0 spiro atoms. The Hall–Kier alpha value is -0.680. The fraction of sp³-hybridized carbons (Fsp3) is 0.600. The second kappa shape index (κ2) is 4.23. The summed E-state index contributed by atoms with van der Waals surface area (Å²) in [7, 11) is 6.17. The van der Waals surface area contributed by atoms with Gasteiger partial charge < -0.3 is 18.9 Å². The quantitative estimate of drug-likeness (QED) is 0.636. The van der Waals surface area contributed by atoms with Crippen molar-refractivity contribution in [1.82, 2.24) is 0 Å². The van der Waals surface area contributed by atoms with E-state index in [1.807, 2.05) is 12.2 Å². The number of ether oxygens (including phenoxy) is 4. The summed E-state index contributed by atoms with van der Waals surface area (Å²) in [5.41, 5.74) is 0. The predicted octanol–water partition coefficient (Wildman–Crippen LogP) is 1.09. The van der Waals surface area contributed by atoms with Crippen LogP contribution in [0.3, 0.4) is 0 Å². The number of allylic oxidation sites excluding steroid dienone is 2. The highest BCUT2D eigenvalue weighted by Crippen LogP contribution is 2.35. The van der Waals surface area contributed by atoms with E-state index in [9.17, 15) is 0 Å². The first-order valence-corrected chi connectivity index (χ1v) is 4.28. The molecule has 14 heavy (non-hydrogen) atoms. The fourth-order valence-corrected chi connectivity index (χ4v) is 1.60. The van der Waals surface area contributed by atoms with E-state index in [1.54, 1.807) is 40.6 Å². The van der Waals surface area contributed by atoms with Crippen LogP contribution in [0, 0.1) is 0 Å². The lowest BCUT2D eigenvalue weighted by Gasteiger charge is -2.43. The van der Waals surface area contributed by atoms with Crippen molar-refractivity contribution >= 4 is 0 Å². The van der Waals surface area contributed by atoms with Gasteiger partial charge in [0.25, 0.3) is 0 Å². The standard InChI is InChI=1S/C10H16O4/c1-11-9(12-2)7-5-6-8-10(9,13-3)14-4/h5-8H,1-4H3. The third kappa shape index (κ3) is 1.40. The third-order valence-electron chi connectivity index (χ3n) is 2.44. The molecule has 0 aromatic carbocycles. The Kier molecular flexibility index (Phi) is 3.44. The lowest BCUT2D eigenvalue weighted by atomic mass is 9.99. The molecule has 0 atom stereocenters. The first kappa shape index (κ1) is 11.4. The van der Waals surface area contributed by atoms with Crippen LogP contribution >= 0.6 is 0 Å². The summed E-state index contributed by atoms with van der Waals surface area (Å²) >= 11 is 0. The van der Waals surface area contributed by atoms with E-state index in [4.69, 9.17) is 18.9 Å². The molecule has 0 N–H and O–H groups in total. The van der Waals surface area contributed by atoms with Crippen molar-refractivity contribution in [3.05, 3.63) is 24.3 Å². The van der Waals surface area contributed by atoms with Gasteiger partial charge in [-0.3, -0.25) is 0 Å². The van der Waals surface area contributed by atoms with Crippen LogP contribution in [-0.4, -0.2) is 40.0 Å². The smallest absolute Gasteiger partial charge is 0.248 e. The van der Waals surface area contributed by atoms with Crippen LogP contribution < -0.4 is 0 Å². The molecular weight excluding hydrogens is 184 g/mol. The van der Waals surface area contributed by atoms with Gasteiger partial charge in [0.15, 0.2) is 0 Å². The minimum atomic E-state index is -1.04. The lowest BCUT2D eigenvalue weighted by molar-refractivity contribution is -0.344. The van der Waals surface area contributed by atoms with Crippen LogP contribution in [0.1, 0.15) is 0 Å². The van der Waals surface area contributed by atoms with Gasteiger partial charge in [0.05, 0.1) is 0 Å². The molecule has 0 aromatic heterocycles. The van der Waals surface area contributed by atoms with Crippen molar-refractivity contribution in [3.63, 3.8) is 0 Å². The highest BCUT2D eigenvalue weighted by molar-refractivity contribution is 5.24. The Balaban J connectivity index is 3.12. The third-order valence-corrected chi connectivity index (χ3v) is 2.44. The molecule has 0 amide bonds. The summed E-state index contributed by atoms with van der Waals surface area (Å²) in [5.74, 6) is -2.07. The van der Waals surface area contributed by atoms with Gasteiger partial charge in [-0.1, -0.05) is 12.2 Å². The van der Waals surface area contributed by atoms with E-state index in [0.29, 0.717) is 0 Å². The molecule has 0 heterocycles. The number of rotatable bonds is 4. The van der Waals surface area contributed by atoms with Crippen molar-refractivity contribution in [2.45, 2.75) is 11.6 Å². The van der Waals surface area contributed by atoms with E-state index in [1.165, 1.54) is 0 Å². The van der Waals surface area contributed by atoms with Gasteiger partial charge in [-0.05, 0) is 12.2 Å². The van der Waals surface area contributed by atoms with Crippen molar-refractivity contribution in [2.24, 2.45) is 0 Å². The molecule has 0 saturated carbocycles. The van der Waals surface area contributed by atoms with Crippen LogP contribution in [0.2, 0.25) is 0 Å². The number of hydrogen-bond acceptors (Lipinski definition) is 4. The Morgan fingerprint density at radius 3 is 1.14 bits per heavy atom. The van der Waals surface area contributed by atoms with E-state index in [0.717, 1.165) is 0 Å². The van der Waals surface area contributed by atoms with Gasteiger partial charge in [0.2, 0.25) is 11.6 Å². The van der Waals surface area contributed by atoms with Gasteiger partial charge >= 0.3 is 0 Å². The molecule has 4 heteroatoms. The SMILES string of the molecule is COC1(OC)C=CC=CC1(OC)OC. The van der Waals surface area contributed by atoms with Crippen molar-refractivity contribution in [3.8, 4) is 0 Å². The Labute approximate surface area is 84.1 Å². The van der Waals surface area contributed by atoms with Crippen molar-refractivity contribution < 1.29 is 18.9 Å². The maximum absolute atomic E-state index is 5.32. The molecule has 0 radical (unpaired) electrons. The molecule has 0 saturated heterocycles. The molecule has 1 aliphatic rings. The molecule has 0 unspecified atom stereocenters. The first-order chi connectivity index (χ1) is 6.70. The van der Waals surface area contributed by atoms with Gasteiger partial charge in [-0.25, -0.2) is 0 Å². The molecule has 1 rings (SSSR count). The fourth-order valence-electron chi connectivity index (χ4n) is 1.60. The summed E-state index contributed by atoms with van der Waals surface area (Å²) in [6.45, 7) is 0. The highest BCUT2D eigenvalue weighted by atomic mass is 16.8. The van der Waals surface area contributed by atoms with Crippen LogP contribution in [0.15, 0.2) is 24.3 Å². The largest absolute Gasteiger partial charge is 0.345 e. The van der Waals surface area contributed by atoms with E-state index >= 15 is 0 Å². The van der Waals surface area contributed by atoms with Crippen LogP contribution in [-0.2, 0) is 18.9 Å². The van der Waals surface area contributed by atoms with Gasteiger partial charge in [0, 0.05) is 28.4 Å². The average Bonchev–Trinajstić information content (AvgIpc) is 2.28. The molecule has 4 nitrogen and oxygen atoms in total. The Morgan fingerprint density at radius 1 is 0.643 bits per heavy atom.